The number of fused-ring (bicyclic) bond motifs is 1. The second-order valence-electron chi connectivity index (χ2n) is 7.05. The number of thiophene rings is 1. The lowest BCUT2D eigenvalue weighted by molar-refractivity contribution is 0.0951. The van der Waals surface area contributed by atoms with Gasteiger partial charge in [0.1, 0.15) is 0 Å². The Morgan fingerprint density at radius 3 is 2.52 bits per heavy atom. The highest BCUT2D eigenvalue weighted by atomic mass is 32.1. The number of carbonyl (C=O) groups is 1. The zero-order valence-electron chi connectivity index (χ0n) is 17.5. The van der Waals surface area contributed by atoms with E-state index in [1.54, 1.807) is 34.1 Å². The Hall–Kier alpha value is -3.45. The monoisotopic (exact) mass is 432 g/mol. The third kappa shape index (κ3) is 4.22. The van der Waals surface area contributed by atoms with E-state index in [4.69, 9.17) is 4.98 Å². The Balaban J connectivity index is 1.79. The molecule has 31 heavy (non-hydrogen) atoms. The lowest BCUT2D eigenvalue weighted by Gasteiger charge is -2.24. The molecule has 6 nitrogen and oxygen atoms in total. The number of anilines is 1. The molecule has 0 aliphatic heterocycles. The molecule has 158 valence electrons. The van der Waals surface area contributed by atoms with Crippen LogP contribution in [0.25, 0.3) is 16.6 Å². The summed E-state index contributed by atoms with van der Waals surface area (Å²) in [5.41, 5.74) is 1.62. The maximum Gasteiger partial charge on any atom is 0.267 e. The second-order valence-corrected chi connectivity index (χ2v) is 8.09. The van der Waals surface area contributed by atoms with Crippen molar-refractivity contribution in [3.8, 4) is 5.69 Å². The summed E-state index contributed by atoms with van der Waals surface area (Å²) < 4.78 is 1.64. The van der Waals surface area contributed by atoms with Gasteiger partial charge < -0.3 is 10.2 Å². The number of amides is 1. The van der Waals surface area contributed by atoms with Gasteiger partial charge in [0, 0.05) is 23.5 Å². The van der Waals surface area contributed by atoms with Gasteiger partial charge in [0.15, 0.2) is 0 Å². The van der Waals surface area contributed by atoms with Crippen LogP contribution in [0.1, 0.15) is 29.1 Å². The van der Waals surface area contributed by atoms with Gasteiger partial charge in [0.25, 0.3) is 11.5 Å². The largest absolute Gasteiger partial charge is 0.347 e. The number of aromatic nitrogens is 2. The van der Waals surface area contributed by atoms with Crippen LogP contribution in [0.15, 0.2) is 70.8 Å². The average Bonchev–Trinajstić information content (AvgIpc) is 3.32. The molecule has 0 fully saturated rings. The van der Waals surface area contributed by atoms with Gasteiger partial charge in [-0.2, -0.15) is 0 Å². The van der Waals surface area contributed by atoms with Crippen molar-refractivity contribution in [2.24, 2.45) is 0 Å². The molecule has 2 aromatic heterocycles. The minimum atomic E-state index is -0.186. The quantitative estimate of drug-likeness (QED) is 0.475. The summed E-state index contributed by atoms with van der Waals surface area (Å²) in [6.07, 6.45) is 0. The van der Waals surface area contributed by atoms with E-state index in [1.165, 1.54) is 0 Å². The predicted octanol–water partition coefficient (Wildman–Crippen LogP) is 4.22. The molecule has 4 rings (SSSR count). The average molecular weight is 433 g/mol. The molecule has 0 bridgehead atoms. The van der Waals surface area contributed by atoms with Crippen molar-refractivity contribution >= 4 is 34.1 Å². The Kier molecular flexibility index (Phi) is 6.13. The first-order valence-electron chi connectivity index (χ1n) is 10.3. The summed E-state index contributed by atoms with van der Waals surface area (Å²) in [5, 5.41) is 5.39. The fraction of sp³-hybridized carbons (Fsp3) is 0.208. The number of para-hydroxylation sites is 1. The summed E-state index contributed by atoms with van der Waals surface area (Å²) in [5.74, 6) is 0.388. The van der Waals surface area contributed by atoms with Crippen molar-refractivity contribution in [1.82, 2.24) is 14.9 Å². The van der Waals surface area contributed by atoms with Gasteiger partial charge in [-0.1, -0.05) is 24.3 Å². The van der Waals surface area contributed by atoms with Crippen molar-refractivity contribution < 1.29 is 4.79 Å². The van der Waals surface area contributed by atoms with Crippen LogP contribution in [0.4, 0.5) is 5.95 Å². The topological polar surface area (TPSA) is 67.2 Å². The summed E-state index contributed by atoms with van der Waals surface area (Å²) in [4.78, 5) is 34.0. The maximum atomic E-state index is 13.4. The van der Waals surface area contributed by atoms with Crippen LogP contribution in [0.2, 0.25) is 0 Å². The fourth-order valence-corrected chi connectivity index (χ4v) is 4.17. The molecule has 0 aliphatic rings. The lowest BCUT2D eigenvalue weighted by atomic mass is 10.1. The third-order valence-electron chi connectivity index (χ3n) is 5.18. The molecule has 0 aliphatic carbocycles. The van der Waals surface area contributed by atoms with E-state index >= 15 is 0 Å². The summed E-state index contributed by atoms with van der Waals surface area (Å²) in [7, 11) is 0. The number of nitrogens with zero attached hydrogens (tertiary/aromatic N) is 3. The van der Waals surface area contributed by atoms with E-state index in [1.807, 2.05) is 66.6 Å². The van der Waals surface area contributed by atoms with Crippen LogP contribution in [0.3, 0.4) is 0 Å². The minimum Gasteiger partial charge on any atom is -0.347 e. The number of carbonyl (C=O) groups excluding carboxylic acids is 1. The van der Waals surface area contributed by atoms with E-state index in [2.05, 4.69) is 5.32 Å². The van der Waals surface area contributed by atoms with Gasteiger partial charge in [-0.3, -0.25) is 9.59 Å². The van der Waals surface area contributed by atoms with Crippen molar-refractivity contribution in [1.29, 1.82) is 0 Å². The van der Waals surface area contributed by atoms with Crippen LogP contribution in [-0.4, -0.2) is 28.5 Å². The van der Waals surface area contributed by atoms with E-state index in [9.17, 15) is 9.59 Å². The highest BCUT2D eigenvalue weighted by molar-refractivity contribution is 7.09. The predicted molar refractivity (Wildman–Crippen MR) is 126 cm³/mol. The SMILES string of the molecule is CCN(CC)c1nc2cc(C(=O)NCc3cccs3)ccc2c(=O)n1-c1ccccc1. The molecule has 0 saturated carbocycles. The first-order chi connectivity index (χ1) is 15.1. The van der Waals surface area contributed by atoms with Crippen molar-refractivity contribution in [3.63, 3.8) is 0 Å². The van der Waals surface area contributed by atoms with E-state index < -0.39 is 0 Å². The Bertz CT molecular complexity index is 1250. The van der Waals surface area contributed by atoms with Crippen LogP contribution in [0.5, 0.6) is 0 Å². The first-order valence-corrected chi connectivity index (χ1v) is 11.2. The standard InChI is InChI=1S/C24H24N4O2S/c1-3-27(4-2)24-26-21-15-17(22(29)25-16-19-11-8-14-31-19)12-13-20(21)23(30)28(24)18-9-6-5-7-10-18/h5-15H,3-4,16H2,1-2H3,(H,25,29). The highest BCUT2D eigenvalue weighted by Gasteiger charge is 2.18. The molecule has 0 radical (unpaired) electrons. The van der Waals surface area contributed by atoms with Crippen LogP contribution < -0.4 is 15.8 Å². The summed E-state index contributed by atoms with van der Waals surface area (Å²) in [6.45, 7) is 5.96. The Labute approximate surface area is 184 Å². The molecule has 2 aromatic carbocycles. The molecular formula is C24H24N4O2S. The van der Waals surface area contributed by atoms with Gasteiger partial charge in [-0.05, 0) is 55.6 Å². The molecule has 0 spiro atoms. The third-order valence-corrected chi connectivity index (χ3v) is 6.05. The lowest BCUT2D eigenvalue weighted by Crippen LogP contribution is -2.32. The molecule has 0 saturated heterocycles. The van der Waals surface area contributed by atoms with Crippen LogP contribution in [-0.2, 0) is 6.54 Å². The van der Waals surface area contributed by atoms with Gasteiger partial charge in [0.05, 0.1) is 23.1 Å². The Morgan fingerprint density at radius 1 is 1.06 bits per heavy atom. The number of rotatable bonds is 7. The van der Waals surface area contributed by atoms with Gasteiger partial charge in [-0.15, -0.1) is 11.3 Å². The number of nitrogens with one attached hydrogen (secondary N) is 1. The highest BCUT2D eigenvalue weighted by Crippen LogP contribution is 2.20. The zero-order chi connectivity index (χ0) is 21.8. The summed E-state index contributed by atoms with van der Waals surface area (Å²) in [6, 6.07) is 18.5. The molecular weight excluding hydrogens is 408 g/mol. The van der Waals surface area contributed by atoms with Gasteiger partial charge >= 0.3 is 0 Å². The van der Waals surface area contributed by atoms with Crippen molar-refractivity contribution in [2.45, 2.75) is 20.4 Å². The molecule has 7 heteroatoms. The van der Waals surface area contributed by atoms with Gasteiger partial charge in [0.2, 0.25) is 5.95 Å². The molecule has 2 heterocycles. The fourth-order valence-electron chi connectivity index (χ4n) is 3.53. The van der Waals surface area contributed by atoms with Crippen molar-refractivity contribution in [3.05, 3.63) is 86.8 Å². The Morgan fingerprint density at radius 2 is 1.84 bits per heavy atom. The molecule has 4 aromatic rings. The van der Waals surface area contributed by atoms with E-state index in [0.29, 0.717) is 42.0 Å². The zero-order valence-corrected chi connectivity index (χ0v) is 18.4. The molecule has 1 N–H and O–H groups in total. The number of hydrogen-bond acceptors (Lipinski definition) is 5. The minimum absolute atomic E-state index is 0.149. The number of hydrogen-bond donors (Lipinski definition) is 1. The van der Waals surface area contributed by atoms with Crippen LogP contribution in [0, 0.1) is 0 Å². The smallest absolute Gasteiger partial charge is 0.267 e. The van der Waals surface area contributed by atoms with Gasteiger partial charge in [-0.25, -0.2) is 9.55 Å². The van der Waals surface area contributed by atoms with E-state index in [0.717, 1.165) is 10.6 Å². The second kappa shape index (κ2) is 9.14. The maximum absolute atomic E-state index is 13.4. The van der Waals surface area contributed by atoms with E-state index in [-0.39, 0.29) is 11.5 Å². The molecule has 0 atom stereocenters. The van der Waals surface area contributed by atoms with Crippen LogP contribution >= 0.6 is 11.3 Å². The molecule has 0 unspecified atom stereocenters. The molecule has 1 amide bonds. The normalized spacial score (nSPS) is 10.9. The first kappa shape index (κ1) is 20.8. The number of benzene rings is 2. The van der Waals surface area contributed by atoms with Crippen molar-refractivity contribution in [2.75, 3.05) is 18.0 Å². The summed E-state index contributed by atoms with van der Waals surface area (Å²) >= 11 is 1.60.